The normalized spacial score (nSPS) is 18.2. The Morgan fingerprint density at radius 3 is 0.946 bits per heavy atom. The van der Waals surface area contributed by atoms with Crippen molar-refractivity contribution in [1.29, 1.82) is 0 Å². The molecule has 74 heavy (non-hydrogen) atoms. The summed E-state index contributed by atoms with van der Waals surface area (Å²) >= 11 is 15.2. The Balaban J connectivity index is 1.08. The van der Waals surface area contributed by atoms with E-state index in [0.29, 0.717) is 0 Å². The van der Waals surface area contributed by atoms with Crippen molar-refractivity contribution in [2.75, 3.05) is 19.6 Å². The molecule has 10 aromatic carbocycles. The largest absolute Gasteiger partial charge is 0.456 e. The number of anilines is 12. The van der Waals surface area contributed by atoms with E-state index in [2.05, 4.69) is 231 Å². The van der Waals surface area contributed by atoms with Crippen molar-refractivity contribution >= 4 is 147 Å². The molecule has 0 N–H and O–H groups in total. The summed E-state index contributed by atoms with van der Waals surface area (Å²) in [6.07, 6.45) is 0. The monoisotopic (exact) mass is 1030 g/mol. The summed E-state index contributed by atoms with van der Waals surface area (Å²) in [5, 5.41) is 8.76. The molecule has 6 aliphatic heterocycles. The highest BCUT2D eigenvalue weighted by Crippen LogP contribution is 2.71. The Bertz CT molecular complexity index is 4070. The first kappa shape index (κ1) is 43.0. The van der Waals surface area contributed by atoms with Crippen LogP contribution < -0.4 is 60.9 Å². The van der Waals surface area contributed by atoms with Crippen molar-refractivity contribution in [3.05, 3.63) is 203 Å². The van der Waals surface area contributed by atoms with Gasteiger partial charge in [0.15, 0.2) is 0 Å². The molecule has 16 rings (SSSR count). The van der Waals surface area contributed by atoms with Gasteiger partial charge in [0.25, 0.3) is 0 Å². The second-order valence-corrected chi connectivity index (χ2v) is 29.3. The van der Waals surface area contributed by atoms with Gasteiger partial charge in [0.05, 0.1) is 78.8 Å². The summed E-state index contributed by atoms with van der Waals surface area (Å²) in [4.78, 5) is 9.84. The number of aryl methyl sites for hydroxylation is 6. The predicted octanol–water partition coefficient (Wildman–Crippen LogP) is 15.5. The number of hydrogen-bond donors (Lipinski definition) is 0. The van der Waals surface area contributed by atoms with Crippen molar-refractivity contribution in [1.82, 2.24) is 0 Å². The number of ether oxygens (including phenoxy) is 2. The molecule has 0 spiro atoms. The van der Waals surface area contributed by atoms with E-state index in [4.69, 9.17) is 33.1 Å². The molecule has 0 radical (unpaired) electrons. The van der Waals surface area contributed by atoms with Crippen LogP contribution >= 0.6 is 12.1 Å². The smallest absolute Gasteiger partial charge is 0.139 e. The van der Waals surface area contributed by atoms with Crippen LogP contribution in [0.25, 0.3) is 10.8 Å². The molecule has 10 aromatic rings. The summed E-state index contributed by atoms with van der Waals surface area (Å²) in [6.45, 7) is 13.0. The minimum absolute atomic E-state index is 0.790. The molecule has 2 unspecified atom stereocenters. The van der Waals surface area contributed by atoms with Crippen LogP contribution in [0.1, 0.15) is 33.4 Å². The molecule has 6 aliphatic rings. The highest BCUT2D eigenvalue weighted by molar-refractivity contribution is 8.27. The molecule has 0 bridgehead atoms. The minimum Gasteiger partial charge on any atom is -0.456 e. The lowest BCUT2D eigenvalue weighted by Crippen LogP contribution is -2.46. The van der Waals surface area contributed by atoms with Gasteiger partial charge < -0.3 is 29.1 Å². The average Bonchev–Trinajstić information content (AvgIpc) is 3.57. The number of benzene rings is 10. The van der Waals surface area contributed by atoms with Crippen molar-refractivity contribution in [3.8, 4) is 23.0 Å². The van der Waals surface area contributed by atoms with Crippen molar-refractivity contribution in [3.63, 3.8) is 0 Å². The van der Waals surface area contributed by atoms with Crippen LogP contribution in [0.4, 0.5) is 68.2 Å². The third kappa shape index (κ3) is 5.36. The van der Waals surface area contributed by atoms with E-state index in [1.54, 1.807) is 0 Å². The van der Waals surface area contributed by atoms with Crippen LogP contribution in [0.3, 0.4) is 0 Å². The van der Waals surface area contributed by atoms with Crippen molar-refractivity contribution in [2.45, 2.75) is 41.5 Å². The topological polar surface area (TPSA) is 31.4 Å². The van der Waals surface area contributed by atoms with E-state index in [1.165, 1.54) is 32.9 Å². The number of rotatable bonds is 4. The Hall–Kier alpha value is -7.44. The fourth-order valence-corrected chi connectivity index (χ4v) is 23.2. The Morgan fingerprint density at radius 1 is 0.297 bits per heavy atom. The maximum atomic E-state index is 7.60. The molecule has 6 nitrogen and oxygen atoms in total. The lowest BCUT2D eigenvalue weighted by molar-refractivity contribution is 0.488. The van der Waals surface area contributed by atoms with Crippen LogP contribution in [0.5, 0.6) is 23.0 Å². The van der Waals surface area contributed by atoms with Crippen LogP contribution in [0, 0.1) is 41.5 Å². The van der Waals surface area contributed by atoms with Crippen LogP contribution in [0.2, 0.25) is 0 Å². The van der Waals surface area contributed by atoms with E-state index in [0.717, 1.165) is 134 Å². The summed E-state index contributed by atoms with van der Waals surface area (Å²) in [7, 11) is 0. The fourth-order valence-electron chi connectivity index (χ4n) is 12.9. The molecule has 0 saturated heterocycles. The SMILES string of the molecule is Cc1ccc(N2c3cccc4c3P3(=S)c5c2cc(C)cc5N(c2ccc(C)cc2)c2c3c(cc3c5c6c(cc23)Oc2cccc3c2P6(=S)c2c(cc(C)cc2N5c2ccc(C)cc2)N3c2ccc(C)cc2)O4)cc1. The maximum absolute atomic E-state index is 7.60. The minimum atomic E-state index is -2.89. The third-order valence-electron chi connectivity index (χ3n) is 16.0. The van der Waals surface area contributed by atoms with Gasteiger partial charge in [-0.05, 0) is 162 Å². The fraction of sp³-hybridized carbons (Fsp3) is 0.0938. The lowest BCUT2D eigenvalue weighted by Gasteiger charge is -2.51. The summed E-state index contributed by atoms with van der Waals surface area (Å²) in [5.41, 5.74) is 20.0. The lowest BCUT2D eigenvalue weighted by atomic mass is 9.99. The van der Waals surface area contributed by atoms with Crippen molar-refractivity contribution in [2.24, 2.45) is 0 Å². The quantitative estimate of drug-likeness (QED) is 0.161. The standard InChI is InChI=1S/C64H46N4O2P2S2/c1-35-13-21-41(22-14-35)65-47-9-7-11-53-61(47)71(73)59-49(65)29-39(5)31-51(59)67(43-25-17-37(3)18-26-43)57-45-34-56-64-58(46(45)33-55(69-53)63(57)71)68(44-27-19-38(4)20-28-44)52-32-40(6)30-50-60(52)72(64,74)62-48(10-8-12-54(62)70-56)66(50)42-23-15-36(2)16-24-42/h7-34H,1-6H3. The van der Waals surface area contributed by atoms with E-state index in [-0.39, 0.29) is 0 Å². The highest BCUT2D eigenvalue weighted by atomic mass is 32.4. The molecule has 0 aromatic heterocycles. The van der Waals surface area contributed by atoms with Gasteiger partial charge in [0, 0.05) is 44.1 Å². The van der Waals surface area contributed by atoms with Gasteiger partial charge >= 0.3 is 0 Å². The Kier molecular flexibility index (Phi) is 8.52. The Labute approximate surface area is 440 Å². The number of fused-ring (bicyclic) bond motifs is 3. The van der Waals surface area contributed by atoms with Gasteiger partial charge in [-0.15, -0.1) is 0 Å². The van der Waals surface area contributed by atoms with Gasteiger partial charge in [-0.25, -0.2) is 0 Å². The van der Waals surface area contributed by atoms with Gasteiger partial charge in [-0.2, -0.15) is 0 Å². The zero-order valence-corrected chi connectivity index (χ0v) is 44.9. The molecule has 0 fully saturated rings. The van der Waals surface area contributed by atoms with Gasteiger partial charge in [0.1, 0.15) is 23.0 Å². The van der Waals surface area contributed by atoms with E-state index >= 15 is 0 Å². The molecule has 6 heterocycles. The Morgan fingerprint density at radius 2 is 0.608 bits per heavy atom. The highest BCUT2D eigenvalue weighted by Gasteiger charge is 2.55. The average molecular weight is 1030 g/mol. The number of nitrogens with zero attached hydrogens (tertiary/aromatic N) is 4. The third-order valence-corrected chi connectivity index (χ3v) is 25.8. The molecule has 0 amide bonds. The number of hydrogen-bond acceptors (Lipinski definition) is 8. The molecule has 0 saturated carbocycles. The molecule has 356 valence electrons. The van der Waals surface area contributed by atoms with E-state index < -0.39 is 12.1 Å². The predicted molar refractivity (Wildman–Crippen MR) is 318 cm³/mol. The molecular weight excluding hydrogens is 983 g/mol. The van der Waals surface area contributed by atoms with E-state index in [1.807, 2.05) is 0 Å². The van der Waals surface area contributed by atoms with Crippen LogP contribution in [-0.4, -0.2) is 0 Å². The van der Waals surface area contributed by atoms with Crippen LogP contribution in [0.15, 0.2) is 170 Å². The second-order valence-electron chi connectivity index (χ2n) is 20.9. The van der Waals surface area contributed by atoms with Crippen LogP contribution in [-0.2, 0) is 23.6 Å². The maximum Gasteiger partial charge on any atom is 0.139 e. The summed E-state index contributed by atoms with van der Waals surface area (Å²) in [6, 6.07) is 56.9. The van der Waals surface area contributed by atoms with Gasteiger partial charge in [0.2, 0.25) is 0 Å². The molecule has 10 heteroatoms. The summed E-state index contributed by atoms with van der Waals surface area (Å²) in [5.74, 6) is 3.20. The van der Waals surface area contributed by atoms with Gasteiger partial charge in [-0.3, -0.25) is 0 Å². The van der Waals surface area contributed by atoms with Crippen molar-refractivity contribution < 1.29 is 9.47 Å². The first-order valence-corrected chi connectivity index (χ1v) is 30.8. The first-order valence-electron chi connectivity index (χ1n) is 25.2. The van der Waals surface area contributed by atoms with Gasteiger partial charge in [-0.1, -0.05) is 107 Å². The zero-order valence-electron chi connectivity index (χ0n) is 41.5. The second kappa shape index (κ2) is 14.7. The van der Waals surface area contributed by atoms with E-state index in [9.17, 15) is 0 Å². The first-order chi connectivity index (χ1) is 35.9. The molecule has 0 aliphatic carbocycles. The zero-order chi connectivity index (χ0) is 49.8. The molecule has 2 atom stereocenters. The molecular formula is C64H46N4O2P2S2. The summed E-state index contributed by atoms with van der Waals surface area (Å²) < 4.78 is 15.0.